The van der Waals surface area contributed by atoms with E-state index in [4.69, 9.17) is 5.84 Å². The monoisotopic (exact) mass is 238 g/mol. The topological polar surface area (TPSA) is 79.1 Å². The van der Waals surface area contributed by atoms with Crippen molar-refractivity contribution in [1.82, 2.24) is 14.9 Å². The summed E-state index contributed by atoms with van der Waals surface area (Å²) in [5.41, 5.74) is 2.49. The summed E-state index contributed by atoms with van der Waals surface area (Å²) >= 11 is 0. The van der Waals surface area contributed by atoms with Gasteiger partial charge in [-0.15, -0.1) is 0 Å². The minimum atomic E-state index is 0.326. The van der Waals surface area contributed by atoms with Crippen LogP contribution in [0.1, 0.15) is 13.8 Å². The lowest BCUT2D eigenvalue weighted by molar-refractivity contribution is 0.344. The van der Waals surface area contributed by atoms with Gasteiger partial charge < -0.3 is 15.6 Å². The summed E-state index contributed by atoms with van der Waals surface area (Å²) in [6.45, 7) is 5.30. The van der Waals surface area contributed by atoms with Gasteiger partial charge in [0.15, 0.2) is 5.82 Å². The molecule has 0 spiro atoms. The van der Waals surface area contributed by atoms with Crippen LogP contribution in [-0.2, 0) is 0 Å². The molecule has 4 N–H and O–H groups in total. The van der Waals surface area contributed by atoms with Gasteiger partial charge in [-0.25, -0.2) is 10.8 Å². The fraction of sp³-hybridized carbons (Fsp3) is 0.636. The number of likely N-dealkylation sites (N-methyl/N-ethyl adjacent to an activating group) is 1. The first kappa shape index (κ1) is 13.7. The molecule has 0 amide bonds. The number of hydrogen-bond acceptors (Lipinski definition) is 6. The Kier molecular flexibility index (Phi) is 5.11. The molecular formula is C11H22N6. The van der Waals surface area contributed by atoms with Gasteiger partial charge in [-0.1, -0.05) is 13.8 Å². The number of nitrogen functional groups attached to an aromatic ring is 1. The predicted octanol–water partition coefficient (Wildman–Crippen LogP) is 0.760. The van der Waals surface area contributed by atoms with E-state index in [-0.39, 0.29) is 0 Å². The van der Waals surface area contributed by atoms with E-state index in [1.807, 2.05) is 0 Å². The lowest BCUT2D eigenvalue weighted by atomic mass is 10.0. The van der Waals surface area contributed by atoms with Crippen LogP contribution in [0.5, 0.6) is 0 Å². The van der Waals surface area contributed by atoms with Crippen molar-refractivity contribution in [3.63, 3.8) is 0 Å². The van der Waals surface area contributed by atoms with Crippen LogP contribution in [0.3, 0.4) is 0 Å². The highest BCUT2D eigenvalue weighted by Gasteiger charge is 2.14. The third-order valence-corrected chi connectivity index (χ3v) is 2.48. The second kappa shape index (κ2) is 6.36. The summed E-state index contributed by atoms with van der Waals surface area (Å²) < 4.78 is 0. The number of nitrogens with two attached hydrogens (primary N) is 1. The van der Waals surface area contributed by atoms with Crippen LogP contribution in [0.15, 0.2) is 12.4 Å². The van der Waals surface area contributed by atoms with Gasteiger partial charge in [-0.2, -0.15) is 0 Å². The van der Waals surface area contributed by atoms with Crippen molar-refractivity contribution in [1.29, 1.82) is 0 Å². The van der Waals surface area contributed by atoms with Crippen molar-refractivity contribution in [3.05, 3.63) is 12.4 Å². The van der Waals surface area contributed by atoms with Gasteiger partial charge in [-0.05, 0) is 20.0 Å². The summed E-state index contributed by atoms with van der Waals surface area (Å²) in [6, 6.07) is 0.326. The van der Waals surface area contributed by atoms with Crippen LogP contribution in [-0.4, -0.2) is 41.5 Å². The van der Waals surface area contributed by atoms with E-state index in [1.165, 1.54) is 0 Å². The van der Waals surface area contributed by atoms with Crippen molar-refractivity contribution in [3.8, 4) is 0 Å². The van der Waals surface area contributed by atoms with Crippen molar-refractivity contribution in [2.75, 3.05) is 31.4 Å². The molecule has 17 heavy (non-hydrogen) atoms. The molecule has 1 atom stereocenters. The fourth-order valence-corrected chi connectivity index (χ4v) is 1.51. The molecule has 6 heteroatoms. The van der Waals surface area contributed by atoms with E-state index < -0.39 is 0 Å². The quantitative estimate of drug-likeness (QED) is 0.501. The average Bonchev–Trinajstić information content (AvgIpc) is 2.27. The Morgan fingerprint density at radius 1 is 1.29 bits per heavy atom. The number of hydrazine groups is 1. The van der Waals surface area contributed by atoms with Crippen molar-refractivity contribution < 1.29 is 0 Å². The summed E-state index contributed by atoms with van der Waals surface area (Å²) in [5, 5.41) is 3.37. The van der Waals surface area contributed by atoms with Gasteiger partial charge in [0.1, 0.15) is 5.82 Å². The second-order valence-electron chi connectivity index (χ2n) is 4.69. The molecule has 0 aliphatic heterocycles. The first-order chi connectivity index (χ1) is 8.02. The van der Waals surface area contributed by atoms with Crippen LogP contribution < -0.4 is 16.6 Å². The molecule has 0 saturated heterocycles. The normalized spacial score (nSPS) is 12.9. The number of anilines is 2. The summed E-state index contributed by atoms with van der Waals surface area (Å²) in [6.07, 6.45) is 3.29. The van der Waals surface area contributed by atoms with E-state index in [2.05, 4.69) is 53.6 Å². The molecule has 0 radical (unpaired) electrons. The molecule has 1 rings (SSSR count). The number of hydrogen-bond donors (Lipinski definition) is 3. The highest BCUT2D eigenvalue weighted by molar-refractivity contribution is 5.41. The van der Waals surface area contributed by atoms with Crippen LogP contribution in [0, 0.1) is 5.92 Å². The maximum Gasteiger partial charge on any atom is 0.160 e. The van der Waals surface area contributed by atoms with Crippen LogP contribution in [0.4, 0.5) is 11.6 Å². The Balaban J connectivity index is 2.71. The average molecular weight is 238 g/mol. The van der Waals surface area contributed by atoms with Gasteiger partial charge in [-0.3, -0.25) is 4.98 Å². The summed E-state index contributed by atoms with van der Waals surface area (Å²) in [5.74, 6) is 7.10. The molecule has 0 bridgehead atoms. The first-order valence-corrected chi connectivity index (χ1v) is 5.73. The Labute approximate surface area is 103 Å². The molecule has 0 aromatic carbocycles. The molecule has 6 nitrogen and oxygen atoms in total. The van der Waals surface area contributed by atoms with Gasteiger partial charge >= 0.3 is 0 Å². The molecule has 1 aromatic rings. The van der Waals surface area contributed by atoms with E-state index in [1.54, 1.807) is 12.4 Å². The number of nitrogens with one attached hydrogen (secondary N) is 2. The van der Waals surface area contributed by atoms with Crippen LogP contribution in [0.2, 0.25) is 0 Å². The van der Waals surface area contributed by atoms with Gasteiger partial charge in [0, 0.05) is 12.6 Å². The number of nitrogens with zero attached hydrogens (tertiary/aromatic N) is 3. The smallest absolute Gasteiger partial charge is 0.160 e. The zero-order valence-corrected chi connectivity index (χ0v) is 10.9. The fourth-order valence-electron chi connectivity index (χ4n) is 1.51. The lowest BCUT2D eigenvalue weighted by Crippen LogP contribution is -2.36. The molecule has 0 fully saturated rings. The Morgan fingerprint density at radius 3 is 2.47 bits per heavy atom. The molecule has 1 heterocycles. The van der Waals surface area contributed by atoms with Crippen molar-refractivity contribution in [2.24, 2.45) is 11.8 Å². The minimum Gasteiger partial charge on any atom is -0.364 e. The first-order valence-electron chi connectivity index (χ1n) is 5.73. The molecule has 96 valence electrons. The lowest BCUT2D eigenvalue weighted by Gasteiger charge is -2.26. The largest absolute Gasteiger partial charge is 0.364 e. The SMILES string of the molecule is CC(C)C(CN(C)C)Nc1cncc(NN)n1. The standard InChI is InChI=1S/C11H22N6/c1-8(2)9(7-17(3)4)14-10-5-13-6-11(15-10)16-12/h5-6,8-9H,7,12H2,1-4H3,(H2,14,15,16). The number of aromatic nitrogens is 2. The Bertz CT molecular complexity index is 338. The molecule has 0 aliphatic rings. The Morgan fingerprint density at radius 2 is 1.94 bits per heavy atom. The van der Waals surface area contributed by atoms with Gasteiger partial charge in [0.25, 0.3) is 0 Å². The van der Waals surface area contributed by atoms with E-state index in [0.29, 0.717) is 17.8 Å². The van der Waals surface area contributed by atoms with Gasteiger partial charge in [0.2, 0.25) is 0 Å². The molecular weight excluding hydrogens is 216 g/mol. The molecule has 0 aliphatic carbocycles. The zero-order valence-electron chi connectivity index (χ0n) is 10.9. The maximum atomic E-state index is 5.30. The number of rotatable bonds is 6. The highest BCUT2D eigenvalue weighted by atomic mass is 15.3. The summed E-state index contributed by atoms with van der Waals surface area (Å²) in [7, 11) is 4.11. The van der Waals surface area contributed by atoms with E-state index in [0.717, 1.165) is 12.4 Å². The third-order valence-electron chi connectivity index (χ3n) is 2.48. The van der Waals surface area contributed by atoms with Gasteiger partial charge in [0.05, 0.1) is 12.4 Å². The van der Waals surface area contributed by atoms with E-state index in [9.17, 15) is 0 Å². The minimum absolute atomic E-state index is 0.326. The summed E-state index contributed by atoms with van der Waals surface area (Å²) in [4.78, 5) is 10.5. The zero-order chi connectivity index (χ0) is 12.8. The highest BCUT2D eigenvalue weighted by Crippen LogP contribution is 2.12. The van der Waals surface area contributed by atoms with Crippen molar-refractivity contribution in [2.45, 2.75) is 19.9 Å². The van der Waals surface area contributed by atoms with E-state index >= 15 is 0 Å². The van der Waals surface area contributed by atoms with Crippen LogP contribution >= 0.6 is 0 Å². The van der Waals surface area contributed by atoms with Crippen molar-refractivity contribution >= 4 is 11.6 Å². The van der Waals surface area contributed by atoms with Crippen LogP contribution in [0.25, 0.3) is 0 Å². The second-order valence-corrected chi connectivity index (χ2v) is 4.69. The third kappa shape index (κ3) is 4.54. The Hall–Kier alpha value is -1.40. The maximum absolute atomic E-state index is 5.30. The molecule has 1 aromatic heterocycles. The molecule has 0 saturated carbocycles. The molecule has 1 unspecified atom stereocenters. The predicted molar refractivity (Wildman–Crippen MR) is 70.6 cm³/mol.